The van der Waals surface area contributed by atoms with E-state index in [9.17, 15) is 0 Å². The second-order valence-corrected chi connectivity index (χ2v) is 17.2. The molecule has 0 unspecified atom stereocenters. The van der Waals surface area contributed by atoms with E-state index in [2.05, 4.69) is 258 Å². The molecule has 3 nitrogen and oxygen atoms in total. The Balaban J connectivity index is 1.09. The van der Waals surface area contributed by atoms with Crippen molar-refractivity contribution in [1.29, 1.82) is 0 Å². The molecule has 0 aliphatic rings. The number of nitrogens with zero attached hydrogens (tertiary/aromatic N) is 2. The lowest BCUT2D eigenvalue weighted by atomic mass is 9.92. The van der Waals surface area contributed by atoms with Crippen LogP contribution in [0.3, 0.4) is 0 Å². The molecule has 0 radical (unpaired) electrons. The summed E-state index contributed by atoms with van der Waals surface area (Å²) in [6, 6.07) is 92.0. The van der Waals surface area contributed by atoms with Crippen LogP contribution in [0.25, 0.3) is 122 Å². The maximum Gasteiger partial charge on any atom is 0.137 e. The Hall–Kier alpha value is -8.92. The van der Waals surface area contributed by atoms with E-state index in [0.29, 0.717) is 0 Å². The lowest BCUT2D eigenvalue weighted by molar-refractivity contribution is 0.668. The maximum atomic E-state index is 6.58. The number of aromatic nitrogens is 2. The summed E-state index contributed by atoms with van der Waals surface area (Å²) < 4.78 is 11.5. The van der Waals surface area contributed by atoms with Gasteiger partial charge >= 0.3 is 0 Å². The number of benzene rings is 10. The third kappa shape index (κ3) is 6.51. The van der Waals surface area contributed by atoms with Crippen molar-refractivity contribution in [2.75, 3.05) is 0 Å². The van der Waals surface area contributed by atoms with Crippen molar-refractivity contribution in [3.63, 3.8) is 0 Å². The molecular weight excluding hydrogens is 813 g/mol. The summed E-state index contributed by atoms with van der Waals surface area (Å²) >= 11 is 0. The Morgan fingerprint density at radius 3 is 1.09 bits per heavy atom. The molecule has 13 aromatic rings. The van der Waals surface area contributed by atoms with Gasteiger partial charge in [-0.15, -0.1) is 0 Å². The quantitative estimate of drug-likeness (QED) is 0.149. The number of rotatable bonds is 8. The van der Waals surface area contributed by atoms with Gasteiger partial charge in [0.2, 0.25) is 0 Å². The predicted molar refractivity (Wildman–Crippen MR) is 280 cm³/mol. The Bertz CT molecular complexity index is 3910. The van der Waals surface area contributed by atoms with Crippen molar-refractivity contribution >= 4 is 43.7 Å². The minimum Gasteiger partial charge on any atom is -0.456 e. The van der Waals surface area contributed by atoms with Crippen molar-refractivity contribution in [2.45, 2.75) is 0 Å². The fourth-order valence-corrected chi connectivity index (χ4v) is 10.3. The van der Waals surface area contributed by atoms with Gasteiger partial charge in [-0.05, 0) is 87.0 Å². The summed E-state index contributed by atoms with van der Waals surface area (Å²) in [6.07, 6.45) is 0. The second-order valence-electron chi connectivity index (χ2n) is 17.2. The summed E-state index contributed by atoms with van der Waals surface area (Å²) in [4.78, 5) is 0. The Morgan fingerprint density at radius 1 is 0.239 bits per heavy atom. The number of hydrogen-bond acceptors (Lipinski definition) is 1. The average Bonchev–Trinajstić information content (AvgIpc) is 4.07. The molecule has 0 amide bonds. The van der Waals surface area contributed by atoms with Crippen LogP contribution in [-0.2, 0) is 0 Å². The molecule has 3 heteroatoms. The van der Waals surface area contributed by atoms with Gasteiger partial charge in [-0.2, -0.15) is 0 Å². The van der Waals surface area contributed by atoms with Gasteiger partial charge in [-0.1, -0.05) is 206 Å². The summed E-state index contributed by atoms with van der Waals surface area (Å²) in [6.45, 7) is 0. The van der Waals surface area contributed by atoms with E-state index in [1.165, 1.54) is 49.7 Å². The molecule has 13 rings (SSSR count). The molecule has 314 valence electrons. The molecule has 10 aromatic carbocycles. The summed E-state index contributed by atoms with van der Waals surface area (Å²) in [5.74, 6) is 0. The zero-order valence-electron chi connectivity index (χ0n) is 36.6. The van der Waals surface area contributed by atoms with Crippen LogP contribution in [0, 0.1) is 0 Å². The number of para-hydroxylation sites is 4. The van der Waals surface area contributed by atoms with Gasteiger partial charge in [0.25, 0.3) is 0 Å². The standard InChI is InChI=1S/C64H42N2O/c1-4-16-43(17-5-1)45-28-30-47(31-29-45)48-34-38-50(39-35-48)64-62(56-24-11-14-26-58(56)66(64)52-40-41-54-53-22-12-15-27-59(53)67-60(54)42-52)61-55-23-10-13-25-57(55)65(51-20-8-3-9-21-51)63(61)49-36-32-46(33-37-49)44-18-6-2-7-19-44/h1-42H. The minimum absolute atomic E-state index is 0.859. The first-order valence-corrected chi connectivity index (χ1v) is 22.9. The molecule has 0 saturated carbocycles. The van der Waals surface area contributed by atoms with Crippen LogP contribution in [0.15, 0.2) is 259 Å². The highest BCUT2D eigenvalue weighted by Gasteiger charge is 2.29. The van der Waals surface area contributed by atoms with E-state index in [1.807, 2.05) is 6.07 Å². The normalized spacial score (nSPS) is 11.6. The van der Waals surface area contributed by atoms with Crippen molar-refractivity contribution in [3.8, 4) is 78.4 Å². The topological polar surface area (TPSA) is 23.0 Å². The van der Waals surface area contributed by atoms with E-state index < -0.39 is 0 Å². The fourth-order valence-electron chi connectivity index (χ4n) is 10.3. The molecule has 67 heavy (non-hydrogen) atoms. The first-order valence-electron chi connectivity index (χ1n) is 22.9. The molecule has 3 aromatic heterocycles. The van der Waals surface area contributed by atoms with Crippen LogP contribution < -0.4 is 0 Å². The van der Waals surface area contributed by atoms with Gasteiger partial charge in [-0.25, -0.2) is 0 Å². The van der Waals surface area contributed by atoms with Crippen LogP contribution in [0.4, 0.5) is 0 Å². The largest absolute Gasteiger partial charge is 0.456 e. The number of fused-ring (bicyclic) bond motifs is 5. The van der Waals surface area contributed by atoms with Gasteiger partial charge in [0, 0.05) is 50.1 Å². The lowest BCUT2D eigenvalue weighted by Gasteiger charge is -2.16. The van der Waals surface area contributed by atoms with Crippen LogP contribution >= 0.6 is 0 Å². The van der Waals surface area contributed by atoms with Gasteiger partial charge < -0.3 is 13.6 Å². The summed E-state index contributed by atoms with van der Waals surface area (Å²) in [7, 11) is 0. The van der Waals surface area contributed by atoms with Gasteiger partial charge in [0.15, 0.2) is 0 Å². The molecule has 0 aliphatic heterocycles. The van der Waals surface area contributed by atoms with Gasteiger partial charge in [0.1, 0.15) is 11.2 Å². The molecular formula is C64H42N2O. The van der Waals surface area contributed by atoms with Crippen molar-refractivity contribution in [2.24, 2.45) is 0 Å². The van der Waals surface area contributed by atoms with Crippen LogP contribution in [0.1, 0.15) is 0 Å². The molecule has 0 saturated heterocycles. The molecule has 0 fully saturated rings. The van der Waals surface area contributed by atoms with Crippen LogP contribution in [0.2, 0.25) is 0 Å². The molecule has 0 atom stereocenters. The number of furan rings is 1. The first kappa shape index (κ1) is 38.5. The van der Waals surface area contributed by atoms with E-state index in [0.717, 1.165) is 72.4 Å². The molecule has 0 bridgehead atoms. The lowest BCUT2D eigenvalue weighted by Crippen LogP contribution is -1.99. The monoisotopic (exact) mass is 854 g/mol. The van der Waals surface area contributed by atoms with Crippen LogP contribution in [0.5, 0.6) is 0 Å². The molecule has 0 spiro atoms. The highest BCUT2D eigenvalue weighted by atomic mass is 16.3. The summed E-state index contributed by atoms with van der Waals surface area (Å²) in [5.41, 5.74) is 20.1. The average molecular weight is 855 g/mol. The second kappa shape index (κ2) is 16.0. The molecule has 3 heterocycles. The maximum absolute atomic E-state index is 6.58. The van der Waals surface area contributed by atoms with Crippen molar-refractivity contribution in [1.82, 2.24) is 9.13 Å². The van der Waals surface area contributed by atoms with E-state index in [1.54, 1.807) is 0 Å². The molecule has 0 aliphatic carbocycles. The Morgan fingerprint density at radius 2 is 0.597 bits per heavy atom. The first-order chi connectivity index (χ1) is 33.2. The van der Waals surface area contributed by atoms with Gasteiger partial charge in [0.05, 0.1) is 22.4 Å². The minimum atomic E-state index is 0.859. The molecule has 0 N–H and O–H groups in total. The Labute approximate surface area is 388 Å². The summed E-state index contributed by atoms with van der Waals surface area (Å²) in [5, 5.41) is 4.57. The zero-order chi connectivity index (χ0) is 44.3. The highest BCUT2D eigenvalue weighted by Crippen LogP contribution is 2.51. The predicted octanol–water partition coefficient (Wildman–Crippen LogP) is 17.5. The van der Waals surface area contributed by atoms with Crippen molar-refractivity contribution in [3.05, 3.63) is 255 Å². The Kier molecular flexibility index (Phi) is 9.17. The highest BCUT2D eigenvalue weighted by molar-refractivity contribution is 6.17. The van der Waals surface area contributed by atoms with Crippen LogP contribution in [-0.4, -0.2) is 9.13 Å². The fraction of sp³-hybridized carbons (Fsp3) is 0. The van der Waals surface area contributed by atoms with Crippen molar-refractivity contribution < 1.29 is 4.42 Å². The van der Waals surface area contributed by atoms with Gasteiger partial charge in [-0.3, -0.25) is 0 Å². The number of hydrogen-bond donors (Lipinski definition) is 0. The SMILES string of the molecule is c1ccc(-c2ccc(-c3ccc(-c4c(-c5c(-c6ccc(-c7ccccc7)cc6)n(-c6ccccc6)c6ccccc56)c5ccccc5n4-c4ccc5c(c4)oc4ccccc45)cc3)cc2)cc1. The van der Waals surface area contributed by atoms with E-state index >= 15 is 0 Å². The zero-order valence-corrected chi connectivity index (χ0v) is 36.6. The third-order valence-corrected chi connectivity index (χ3v) is 13.4. The smallest absolute Gasteiger partial charge is 0.137 e. The van der Waals surface area contributed by atoms with E-state index in [-0.39, 0.29) is 0 Å². The third-order valence-electron chi connectivity index (χ3n) is 13.4. The van der Waals surface area contributed by atoms with E-state index in [4.69, 9.17) is 4.42 Å².